The minimum atomic E-state index is 0.0431. The maximum Gasteiger partial charge on any atom is 0.317 e. The third-order valence-corrected chi connectivity index (χ3v) is 3.88. The SMILES string of the molecule is CC(C)COCCCNC(=O)N1CCN(c2ccccc2)CC1. The molecule has 0 aliphatic carbocycles. The summed E-state index contributed by atoms with van der Waals surface area (Å²) in [4.78, 5) is 16.4. The van der Waals surface area contributed by atoms with Crippen LogP contribution in [0.4, 0.5) is 10.5 Å². The number of ether oxygens (including phenoxy) is 1. The van der Waals surface area contributed by atoms with Crippen molar-refractivity contribution in [3.05, 3.63) is 30.3 Å². The Morgan fingerprint density at radius 1 is 1.17 bits per heavy atom. The number of rotatable bonds is 7. The van der Waals surface area contributed by atoms with E-state index in [1.165, 1.54) is 5.69 Å². The molecule has 1 saturated heterocycles. The van der Waals surface area contributed by atoms with Gasteiger partial charge in [-0.1, -0.05) is 32.0 Å². The van der Waals surface area contributed by atoms with Crippen LogP contribution in [0.1, 0.15) is 20.3 Å². The highest BCUT2D eigenvalue weighted by atomic mass is 16.5. The molecular formula is C18H29N3O2. The molecule has 1 N–H and O–H groups in total. The summed E-state index contributed by atoms with van der Waals surface area (Å²) in [6.07, 6.45) is 0.864. The number of hydrogen-bond donors (Lipinski definition) is 1. The lowest BCUT2D eigenvalue weighted by atomic mass is 10.2. The van der Waals surface area contributed by atoms with Gasteiger partial charge < -0.3 is 19.9 Å². The third-order valence-electron chi connectivity index (χ3n) is 3.88. The Labute approximate surface area is 139 Å². The fourth-order valence-corrected chi connectivity index (χ4v) is 2.61. The molecule has 1 aliphatic rings. The van der Waals surface area contributed by atoms with Gasteiger partial charge in [-0.25, -0.2) is 4.79 Å². The Morgan fingerprint density at radius 3 is 2.52 bits per heavy atom. The number of piperazine rings is 1. The highest BCUT2D eigenvalue weighted by molar-refractivity contribution is 5.74. The van der Waals surface area contributed by atoms with Crippen molar-refractivity contribution < 1.29 is 9.53 Å². The van der Waals surface area contributed by atoms with Crippen LogP contribution in [-0.2, 0) is 4.74 Å². The quantitative estimate of drug-likeness (QED) is 0.786. The van der Waals surface area contributed by atoms with Crippen molar-refractivity contribution in [2.45, 2.75) is 20.3 Å². The van der Waals surface area contributed by atoms with E-state index in [9.17, 15) is 4.79 Å². The van der Waals surface area contributed by atoms with Crippen molar-refractivity contribution in [3.8, 4) is 0 Å². The number of hydrogen-bond acceptors (Lipinski definition) is 3. The topological polar surface area (TPSA) is 44.8 Å². The Hall–Kier alpha value is -1.75. The second-order valence-electron chi connectivity index (χ2n) is 6.36. The summed E-state index contributed by atoms with van der Waals surface area (Å²) in [5, 5.41) is 2.98. The number of nitrogens with zero attached hydrogens (tertiary/aromatic N) is 2. The van der Waals surface area contributed by atoms with Crippen molar-refractivity contribution in [2.75, 3.05) is 50.8 Å². The van der Waals surface area contributed by atoms with E-state index in [2.05, 4.69) is 48.3 Å². The van der Waals surface area contributed by atoms with Crippen LogP contribution in [0.3, 0.4) is 0 Å². The zero-order valence-corrected chi connectivity index (χ0v) is 14.3. The van der Waals surface area contributed by atoms with Gasteiger partial charge in [-0.2, -0.15) is 0 Å². The lowest BCUT2D eigenvalue weighted by Gasteiger charge is -2.36. The van der Waals surface area contributed by atoms with Crippen molar-refractivity contribution in [1.29, 1.82) is 0 Å². The van der Waals surface area contributed by atoms with E-state index in [1.807, 2.05) is 11.0 Å². The third kappa shape index (κ3) is 6.10. The first-order chi connectivity index (χ1) is 11.2. The van der Waals surface area contributed by atoms with E-state index in [1.54, 1.807) is 0 Å². The van der Waals surface area contributed by atoms with Crippen LogP contribution >= 0.6 is 0 Å². The number of carbonyl (C=O) groups excluding carboxylic acids is 1. The summed E-state index contributed by atoms with van der Waals surface area (Å²) in [5.41, 5.74) is 1.23. The van der Waals surface area contributed by atoms with Crippen molar-refractivity contribution in [2.24, 2.45) is 5.92 Å². The maximum atomic E-state index is 12.1. The lowest BCUT2D eigenvalue weighted by molar-refractivity contribution is 0.107. The zero-order valence-electron chi connectivity index (χ0n) is 14.3. The van der Waals surface area contributed by atoms with Gasteiger partial charge in [-0.05, 0) is 24.5 Å². The summed E-state index contributed by atoms with van der Waals surface area (Å²) < 4.78 is 5.51. The van der Waals surface area contributed by atoms with Crippen LogP contribution in [0.2, 0.25) is 0 Å². The summed E-state index contributed by atoms with van der Waals surface area (Å²) in [7, 11) is 0. The molecule has 1 fully saturated rings. The fraction of sp³-hybridized carbons (Fsp3) is 0.611. The maximum absolute atomic E-state index is 12.1. The molecule has 5 nitrogen and oxygen atoms in total. The summed E-state index contributed by atoms with van der Waals surface area (Å²) in [5.74, 6) is 0.561. The Balaban J connectivity index is 1.60. The number of anilines is 1. The first-order valence-electron chi connectivity index (χ1n) is 8.57. The summed E-state index contributed by atoms with van der Waals surface area (Å²) in [6, 6.07) is 10.4. The minimum Gasteiger partial charge on any atom is -0.381 e. The number of para-hydroxylation sites is 1. The summed E-state index contributed by atoms with van der Waals surface area (Å²) >= 11 is 0. The molecule has 1 aliphatic heterocycles. The van der Waals surface area contributed by atoms with E-state index in [4.69, 9.17) is 4.74 Å². The van der Waals surface area contributed by atoms with Crippen LogP contribution in [0.5, 0.6) is 0 Å². The number of amides is 2. The van der Waals surface area contributed by atoms with Crippen LogP contribution in [0.25, 0.3) is 0 Å². The molecule has 5 heteroatoms. The van der Waals surface area contributed by atoms with Crippen LogP contribution in [0, 0.1) is 5.92 Å². The van der Waals surface area contributed by atoms with E-state index in [0.29, 0.717) is 19.1 Å². The largest absolute Gasteiger partial charge is 0.381 e. The van der Waals surface area contributed by atoms with Gasteiger partial charge in [-0.15, -0.1) is 0 Å². The lowest BCUT2D eigenvalue weighted by Crippen LogP contribution is -2.52. The molecular weight excluding hydrogens is 290 g/mol. The van der Waals surface area contributed by atoms with Crippen LogP contribution in [0.15, 0.2) is 30.3 Å². The van der Waals surface area contributed by atoms with Crippen LogP contribution < -0.4 is 10.2 Å². The fourth-order valence-electron chi connectivity index (χ4n) is 2.61. The van der Waals surface area contributed by atoms with Gasteiger partial charge in [0.2, 0.25) is 0 Å². The molecule has 1 aromatic carbocycles. The predicted octanol–water partition coefficient (Wildman–Crippen LogP) is 2.58. The number of nitrogens with one attached hydrogen (secondary N) is 1. The van der Waals surface area contributed by atoms with Gasteiger partial charge >= 0.3 is 6.03 Å². The van der Waals surface area contributed by atoms with E-state index in [0.717, 1.165) is 39.2 Å². The van der Waals surface area contributed by atoms with Gasteiger partial charge in [-0.3, -0.25) is 0 Å². The van der Waals surface area contributed by atoms with E-state index >= 15 is 0 Å². The predicted molar refractivity (Wildman–Crippen MR) is 93.9 cm³/mol. The first kappa shape index (κ1) is 17.6. The smallest absolute Gasteiger partial charge is 0.317 e. The molecule has 0 radical (unpaired) electrons. The molecule has 1 heterocycles. The standard InChI is InChI=1S/C18H29N3O2/c1-16(2)15-23-14-6-9-19-18(22)21-12-10-20(11-13-21)17-7-4-3-5-8-17/h3-5,7-8,16H,6,9-15H2,1-2H3,(H,19,22). The molecule has 0 atom stereocenters. The second-order valence-corrected chi connectivity index (χ2v) is 6.36. The van der Waals surface area contributed by atoms with E-state index < -0.39 is 0 Å². The highest BCUT2D eigenvalue weighted by Crippen LogP contribution is 2.15. The molecule has 0 spiro atoms. The molecule has 2 rings (SSSR count). The molecule has 1 aromatic rings. The number of urea groups is 1. The Bertz CT molecular complexity index is 457. The van der Waals surface area contributed by atoms with Crippen molar-refractivity contribution in [1.82, 2.24) is 10.2 Å². The molecule has 0 aromatic heterocycles. The molecule has 2 amide bonds. The normalized spacial score (nSPS) is 15.1. The Kier molecular flexibility index (Phi) is 7.20. The molecule has 128 valence electrons. The van der Waals surface area contributed by atoms with E-state index in [-0.39, 0.29) is 6.03 Å². The second kappa shape index (κ2) is 9.40. The van der Waals surface area contributed by atoms with Crippen molar-refractivity contribution in [3.63, 3.8) is 0 Å². The minimum absolute atomic E-state index is 0.0431. The van der Waals surface area contributed by atoms with Gasteiger partial charge in [0.05, 0.1) is 0 Å². The average molecular weight is 319 g/mol. The highest BCUT2D eigenvalue weighted by Gasteiger charge is 2.20. The molecule has 0 bridgehead atoms. The summed E-state index contributed by atoms with van der Waals surface area (Å²) in [6.45, 7) is 9.75. The van der Waals surface area contributed by atoms with Gasteiger partial charge in [0, 0.05) is 51.6 Å². The average Bonchev–Trinajstić information content (AvgIpc) is 2.58. The van der Waals surface area contributed by atoms with Crippen LogP contribution in [-0.4, -0.2) is 56.9 Å². The van der Waals surface area contributed by atoms with Gasteiger partial charge in [0.1, 0.15) is 0 Å². The monoisotopic (exact) mass is 319 g/mol. The first-order valence-corrected chi connectivity index (χ1v) is 8.57. The van der Waals surface area contributed by atoms with Crippen molar-refractivity contribution >= 4 is 11.7 Å². The number of benzene rings is 1. The zero-order chi connectivity index (χ0) is 16.5. The number of carbonyl (C=O) groups is 1. The molecule has 0 unspecified atom stereocenters. The Morgan fingerprint density at radius 2 is 1.87 bits per heavy atom. The van der Waals surface area contributed by atoms with Gasteiger partial charge in [0.15, 0.2) is 0 Å². The van der Waals surface area contributed by atoms with Gasteiger partial charge in [0.25, 0.3) is 0 Å². The molecule has 23 heavy (non-hydrogen) atoms. The molecule has 0 saturated carbocycles.